The summed E-state index contributed by atoms with van der Waals surface area (Å²) in [7, 11) is 0. The molecule has 2 aromatic carbocycles. The van der Waals surface area contributed by atoms with Crippen LogP contribution in [-0.4, -0.2) is 43.5 Å². The highest BCUT2D eigenvalue weighted by molar-refractivity contribution is 6.35. The number of rotatable bonds is 8. The van der Waals surface area contributed by atoms with Crippen LogP contribution in [0.3, 0.4) is 0 Å². The predicted octanol–water partition coefficient (Wildman–Crippen LogP) is 4.10. The Morgan fingerprint density at radius 1 is 1.09 bits per heavy atom. The molecule has 2 amide bonds. The van der Waals surface area contributed by atoms with Gasteiger partial charge in [0.25, 0.3) is 5.91 Å². The minimum absolute atomic E-state index is 0.0567. The molecule has 1 saturated heterocycles. The first-order valence-electron chi connectivity index (χ1n) is 10.3. The van der Waals surface area contributed by atoms with E-state index in [4.69, 9.17) is 32.7 Å². The van der Waals surface area contributed by atoms with Gasteiger partial charge in [0.1, 0.15) is 0 Å². The van der Waals surface area contributed by atoms with E-state index < -0.39 is 30.4 Å². The van der Waals surface area contributed by atoms with Crippen molar-refractivity contribution in [1.82, 2.24) is 0 Å². The van der Waals surface area contributed by atoms with E-state index in [-0.39, 0.29) is 18.9 Å². The second kappa shape index (κ2) is 11.2. The number of hydrogen-bond acceptors (Lipinski definition) is 6. The van der Waals surface area contributed by atoms with E-state index in [0.29, 0.717) is 33.6 Å². The third kappa shape index (κ3) is 6.46. The fraction of sp³-hybridized carbons (Fsp3) is 0.304. The molecule has 0 bridgehead atoms. The van der Waals surface area contributed by atoms with Gasteiger partial charge in [-0.25, -0.2) is 4.79 Å². The normalized spacial score (nSPS) is 15.3. The summed E-state index contributed by atoms with van der Waals surface area (Å²) in [6.45, 7) is 1.80. The fourth-order valence-electron chi connectivity index (χ4n) is 3.21. The molecule has 3 rings (SSSR count). The van der Waals surface area contributed by atoms with Crippen LogP contribution in [0.4, 0.5) is 11.4 Å². The van der Waals surface area contributed by atoms with Gasteiger partial charge in [0.15, 0.2) is 6.61 Å². The zero-order valence-electron chi connectivity index (χ0n) is 17.8. The Hall–Kier alpha value is -3.10. The number of nitrogens with zero attached hydrogens (tertiary/aromatic N) is 1. The molecule has 0 spiro atoms. The van der Waals surface area contributed by atoms with Crippen molar-refractivity contribution in [2.75, 3.05) is 30.0 Å². The molecular formula is C23H22Cl2N2O6. The van der Waals surface area contributed by atoms with E-state index in [9.17, 15) is 19.2 Å². The minimum atomic E-state index is -0.728. The number of hydrogen-bond donors (Lipinski definition) is 1. The maximum absolute atomic E-state index is 12.4. The summed E-state index contributed by atoms with van der Waals surface area (Å²) in [5, 5.41) is 3.33. The highest BCUT2D eigenvalue weighted by Gasteiger charge is 2.37. The first kappa shape index (κ1) is 24.5. The van der Waals surface area contributed by atoms with Crippen molar-refractivity contribution >= 4 is 58.3 Å². The molecule has 1 heterocycles. The molecule has 174 valence electrons. The maximum atomic E-state index is 12.4. The molecule has 0 aliphatic carbocycles. The summed E-state index contributed by atoms with van der Waals surface area (Å²) < 4.78 is 10.1. The number of halogens is 2. The Morgan fingerprint density at radius 3 is 2.52 bits per heavy atom. The molecule has 1 fully saturated rings. The summed E-state index contributed by atoms with van der Waals surface area (Å²) in [6.07, 6.45) is 0.666. The van der Waals surface area contributed by atoms with Gasteiger partial charge in [-0.15, -0.1) is 0 Å². The van der Waals surface area contributed by atoms with Gasteiger partial charge in [-0.2, -0.15) is 0 Å². The van der Waals surface area contributed by atoms with Crippen molar-refractivity contribution in [3.8, 4) is 0 Å². The van der Waals surface area contributed by atoms with Crippen molar-refractivity contribution in [1.29, 1.82) is 0 Å². The van der Waals surface area contributed by atoms with Crippen molar-refractivity contribution in [2.45, 2.75) is 19.8 Å². The topological polar surface area (TPSA) is 102 Å². The monoisotopic (exact) mass is 492 g/mol. The van der Waals surface area contributed by atoms with Gasteiger partial charge in [-0.3, -0.25) is 14.4 Å². The van der Waals surface area contributed by atoms with Crippen molar-refractivity contribution in [3.05, 3.63) is 58.1 Å². The Kier molecular flexibility index (Phi) is 8.30. The van der Waals surface area contributed by atoms with E-state index in [0.717, 1.165) is 6.42 Å². The van der Waals surface area contributed by atoms with E-state index >= 15 is 0 Å². The lowest BCUT2D eigenvalue weighted by molar-refractivity contribution is -0.151. The van der Waals surface area contributed by atoms with Crippen molar-refractivity contribution < 1.29 is 28.7 Å². The number of carbonyl (C=O) groups is 4. The molecule has 0 aromatic heterocycles. The van der Waals surface area contributed by atoms with E-state index in [1.54, 1.807) is 30.3 Å². The number of ether oxygens (including phenoxy) is 2. The first-order valence-corrected chi connectivity index (χ1v) is 11.0. The zero-order valence-corrected chi connectivity index (χ0v) is 19.3. The standard InChI is InChI=1S/C23H22Cl2N2O6/c1-2-9-32-22(30)14-3-6-17(7-4-14)26-20(28)13-33-23(31)15-10-21(29)27(12-15)19-11-16(24)5-8-18(19)25/h3-8,11,15H,2,9-10,12-13H2,1H3,(H,26,28)/t15-/m0/s1. The Labute approximate surface area is 200 Å². The van der Waals surface area contributed by atoms with Gasteiger partial charge in [0.05, 0.1) is 28.8 Å². The average Bonchev–Trinajstić information content (AvgIpc) is 3.19. The first-order chi connectivity index (χ1) is 15.8. The van der Waals surface area contributed by atoms with Crippen LogP contribution in [0.2, 0.25) is 10.0 Å². The Morgan fingerprint density at radius 2 is 1.82 bits per heavy atom. The van der Waals surface area contributed by atoms with Gasteiger partial charge in [0, 0.05) is 23.7 Å². The predicted molar refractivity (Wildman–Crippen MR) is 124 cm³/mol. The van der Waals surface area contributed by atoms with Crippen LogP contribution >= 0.6 is 23.2 Å². The molecule has 0 saturated carbocycles. The summed E-state index contributed by atoms with van der Waals surface area (Å²) >= 11 is 12.1. The van der Waals surface area contributed by atoms with E-state index in [1.165, 1.54) is 17.0 Å². The summed E-state index contributed by atoms with van der Waals surface area (Å²) in [4.78, 5) is 50.1. The molecule has 0 radical (unpaired) electrons. The molecule has 1 N–H and O–H groups in total. The number of amides is 2. The van der Waals surface area contributed by atoms with Crippen molar-refractivity contribution in [3.63, 3.8) is 0 Å². The number of esters is 2. The molecule has 0 unspecified atom stereocenters. The lowest BCUT2D eigenvalue weighted by Gasteiger charge is -2.18. The second-order valence-electron chi connectivity index (χ2n) is 7.37. The third-order valence-electron chi connectivity index (χ3n) is 4.84. The number of carbonyl (C=O) groups excluding carboxylic acids is 4. The van der Waals surface area contributed by atoms with Gasteiger partial charge < -0.3 is 19.7 Å². The van der Waals surface area contributed by atoms with Crippen LogP contribution in [-0.2, 0) is 23.9 Å². The molecule has 10 heteroatoms. The third-order valence-corrected chi connectivity index (χ3v) is 5.40. The van der Waals surface area contributed by atoms with Crippen LogP contribution < -0.4 is 10.2 Å². The van der Waals surface area contributed by atoms with Gasteiger partial charge in [0.2, 0.25) is 5.91 Å². The second-order valence-corrected chi connectivity index (χ2v) is 8.21. The van der Waals surface area contributed by atoms with E-state index in [1.807, 2.05) is 6.92 Å². The Balaban J connectivity index is 1.49. The lowest BCUT2D eigenvalue weighted by Crippen LogP contribution is -2.28. The summed E-state index contributed by atoms with van der Waals surface area (Å²) in [5.74, 6) is -2.67. The SMILES string of the molecule is CCCOC(=O)c1ccc(NC(=O)COC(=O)[C@H]2CC(=O)N(c3cc(Cl)ccc3Cl)C2)cc1. The number of nitrogens with one attached hydrogen (secondary N) is 1. The molecule has 1 aliphatic rings. The fourth-order valence-corrected chi connectivity index (χ4v) is 3.60. The minimum Gasteiger partial charge on any atom is -0.462 e. The quantitative estimate of drug-likeness (QED) is 0.556. The smallest absolute Gasteiger partial charge is 0.338 e. The molecule has 8 nitrogen and oxygen atoms in total. The van der Waals surface area contributed by atoms with Crippen LogP contribution in [0, 0.1) is 5.92 Å². The molecule has 33 heavy (non-hydrogen) atoms. The van der Waals surface area contributed by atoms with Crippen LogP contribution in [0.25, 0.3) is 0 Å². The summed E-state index contributed by atoms with van der Waals surface area (Å²) in [6, 6.07) is 10.9. The number of benzene rings is 2. The molecular weight excluding hydrogens is 471 g/mol. The molecule has 1 atom stereocenters. The van der Waals surface area contributed by atoms with Crippen LogP contribution in [0.5, 0.6) is 0 Å². The molecule has 1 aliphatic heterocycles. The highest BCUT2D eigenvalue weighted by atomic mass is 35.5. The van der Waals surface area contributed by atoms with E-state index in [2.05, 4.69) is 5.32 Å². The average molecular weight is 493 g/mol. The summed E-state index contributed by atoms with van der Waals surface area (Å²) in [5.41, 5.74) is 1.22. The number of anilines is 2. The maximum Gasteiger partial charge on any atom is 0.338 e. The Bertz CT molecular complexity index is 1060. The van der Waals surface area contributed by atoms with Crippen LogP contribution in [0.1, 0.15) is 30.1 Å². The van der Waals surface area contributed by atoms with Crippen LogP contribution in [0.15, 0.2) is 42.5 Å². The van der Waals surface area contributed by atoms with Gasteiger partial charge >= 0.3 is 11.9 Å². The molecule has 2 aromatic rings. The zero-order chi connectivity index (χ0) is 24.0. The van der Waals surface area contributed by atoms with Crippen molar-refractivity contribution in [2.24, 2.45) is 5.92 Å². The largest absolute Gasteiger partial charge is 0.462 e. The highest BCUT2D eigenvalue weighted by Crippen LogP contribution is 2.33. The lowest BCUT2D eigenvalue weighted by atomic mass is 10.1. The van der Waals surface area contributed by atoms with Gasteiger partial charge in [-0.05, 0) is 48.9 Å². The van der Waals surface area contributed by atoms with Gasteiger partial charge in [-0.1, -0.05) is 30.1 Å².